The summed E-state index contributed by atoms with van der Waals surface area (Å²) in [5, 5.41) is 8.76. The highest BCUT2D eigenvalue weighted by molar-refractivity contribution is 8.16. The van der Waals surface area contributed by atoms with Gasteiger partial charge in [0.2, 0.25) is 5.91 Å². The molecule has 2 N–H and O–H groups in total. The average molecular weight is 489 g/mol. The number of thioether (sulfide) groups is 1. The number of amides is 2. The molecule has 0 aliphatic carbocycles. The largest absolute Gasteiger partial charge is 0.354 e. The van der Waals surface area contributed by atoms with E-state index in [1.807, 2.05) is 61.4 Å². The van der Waals surface area contributed by atoms with E-state index in [1.165, 1.54) is 17.3 Å². The predicted octanol–water partition coefficient (Wildman–Crippen LogP) is 5.94. The molecule has 182 valence electrons. The van der Waals surface area contributed by atoms with Crippen molar-refractivity contribution in [3.63, 3.8) is 0 Å². The first-order valence-electron chi connectivity index (χ1n) is 11.9. The molecule has 0 saturated heterocycles. The van der Waals surface area contributed by atoms with E-state index in [0.717, 1.165) is 22.1 Å². The summed E-state index contributed by atoms with van der Waals surface area (Å²) in [6.07, 6.45) is 0.220. The fourth-order valence-electron chi connectivity index (χ4n) is 4.30. The van der Waals surface area contributed by atoms with Crippen LogP contribution in [0.3, 0.4) is 0 Å². The van der Waals surface area contributed by atoms with Crippen molar-refractivity contribution < 1.29 is 9.59 Å². The smallest absolute Gasteiger partial charge is 0.255 e. The Morgan fingerprint density at radius 3 is 2.34 bits per heavy atom. The second kappa shape index (κ2) is 10.5. The van der Waals surface area contributed by atoms with Crippen LogP contribution in [0.2, 0.25) is 0 Å². The predicted molar refractivity (Wildman–Crippen MR) is 144 cm³/mol. The molecular formula is C28H32N4O2S. The van der Waals surface area contributed by atoms with E-state index in [9.17, 15) is 9.59 Å². The third-order valence-corrected chi connectivity index (χ3v) is 6.88. The number of amidine groups is 1. The van der Waals surface area contributed by atoms with Gasteiger partial charge >= 0.3 is 0 Å². The maximum absolute atomic E-state index is 13.6. The minimum atomic E-state index is -0.388. The molecule has 4 rings (SSSR count). The van der Waals surface area contributed by atoms with Gasteiger partial charge in [-0.2, -0.15) is 0 Å². The molecule has 2 aliphatic heterocycles. The second-order valence-electron chi connectivity index (χ2n) is 9.43. The van der Waals surface area contributed by atoms with Crippen molar-refractivity contribution in [3.8, 4) is 0 Å². The van der Waals surface area contributed by atoms with Crippen molar-refractivity contribution in [2.24, 2.45) is 4.99 Å². The topological polar surface area (TPSA) is 73.8 Å². The van der Waals surface area contributed by atoms with Crippen LogP contribution in [0.4, 0.5) is 5.69 Å². The van der Waals surface area contributed by atoms with E-state index in [0.29, 0.717) is 17.2 Å². The van der Waals surface area contributed by atoms with Crippen LogP contribution in [0.15, 0.2) is 82.0 Å². The Labute approximate surface area is 211 Å². The van der Waals surface area contributed by atoms with Gasteiger partial charge < -0.3 is 15.5 Å². The number of aliphatic imine (C=N–C) groups is 1. The molecule has 0 aromatic heterocycles. The summed E-state index contributed by atoms with van der Waals surface area (Å²) in [7, 11) is 0. The lowest BCUT2D eigenvalue weighted by Gasteiger charge is -2.36. The lowest BCUT2D eigenvalue weighted by atomic mass is 9.91. The number of benzene rings is 2. The molecule has 0 bridgehead atoms. The van der Waals surface area contributed by atoms with Crippen LogP contribution in [-0.2, 0) is 9.59 Å². The molecular weight excluding hydrogens is 456 g/mol. The van der Waals surface area contributed by atoms with Gasteiger partial charge in [0.05, 0.1) is 23.7 Å². The highest BCUT2D eigenvalue weighted by atomic mass is 32.2. The Bertz CT molecular complexity index is 1200. The number of anilines is 1. The van der Waals surface area contributed by atoms with Gasteiger partial charge in [-0.05, 0) is 55.4 Å². The molecule has 2 aliphatic rings. The average Bonchev–Trinajstić information content (AvgIpc) is 3.20. The van der Waals surface area contributed by atoms with E-state index < -0.39 is 0 Å². The molecule has 1 atom stereocenters. The molecule has 0 unspecified atom stereocenters. The fraction of sp³-hybridized carbons (Fsp3) is 0.321. The van der Waals surface area contributed by atoms with E-state index in [-0.39, 0.29) is 30.3 Å². The highest BCUT2D eigenvalue weighted by Crippen LogP contribution is 2.45. The number of hydrogen-bond donors (Lipinski definition) is 2. The van der Waals surface area contributed by atoms with E-state index in [2.05, 4.69) is 48.7 Å². The summed E-state index contributed by atoms with van der Waals surface area (Å²) in [4.78, 5) is 33.1. The maximum Gasteiger partial charge on any atom is 0.255 e. The van der Waals surface area contributed by atoms with Gasteiger partial charge in [0.1, 0.15) is 0 Å². The first-order valence-corrected chi connectivity index (χ1v) is 12.8. The fourth-order valence-corrected chi connectivity index (χ4v) is 5.26. The van der Waals surface area contributed by atoms with Crippen LogP contribution >= 0.6 is 11.8 Å². The molecule has 2 heterocycles. The number of nitrogens with zero attached hydrogens (tertiary/aromatic N) is 2. The monoisotopic (exact) mass is 488 g/mol. The molecule has 0 radical (unpaired) electrons. The number of allylic oxidation sites excluding steroid dienone is 1. The van der Waals surface area contributed by atoms with Crippen molar-refractivity contribution in [3.05, 3.63) is 88.1 Å². The number of fused-ring (bicyclic) bond motifs is 1. The SMILES string of the molecule is CC1=C(C(=O)Nc2ccccc2)[C@@H](c2ccc(C(C)C)cc2)N2C(CC(=O)NC(C)C)=CSC2=N1. The number of nitrogens with one attached hydrogen (secondary N) is 2. The van der Waals surface area contributed by atoms with Crippen LogP contribution in [0.25, 0.3) is 0 Å². The molecule has 0 saturated carbocycles. The van der Waals surface area contributed by atoms with Crippen LogP contribution in [-0.4, -0.2) is 27.9 Å². The van der Waals surface area contributed by atoms with Gasteiger partial charge in [-0.25, -0.2) is 4.99 Å². The van der Waals surface area contributed by atoms with Crippen LogP contribution in [0.5, 0.6) is 0 Å². The van der Waals surface area contributed by atoms with Gasteiger partial charge in [0.15, 0.2) is 5.17 Å². The van der Waals surface area contributed by atoms with Crippen molar-refractivity contribution in [2.45, 2.75) is 59.0 Å². The molecule has 35 heavy (non-hydrogen) atoms. The zero-order chi connectivity index (χ0) is 25.1. The Hall–Kier alpha value is -3.32. The van der Waals surface area contributed by atoms with Crippen LogP contribution in [0, 0.1) is 0 Å². The molecule has 2 amide bonds. The van der Waals surface area contributed by atoms with Crippen molar-refractivity contribution in [1.29, 1.82) is 0 Å². The van der Waals surface area contributed by atoms with Gasteiger partial charge in [-0.1, -0.05) is 68.1 Å². The summed E-state index contributed by atoms with van der Waals surface area (Å²) in [5.74, 6) is 0.157. The number of carbonyl (C=O) groups excluding carboxylic acids is 2. The van der Waals surface area contributed by atoms with Crippen molar-refractivity contribution in [1.82, 2.24) is 10.2 Å². The third-order valence-electron chi connectivity index (χ3n) is 5.99. The molecule has 2 aromatic rings. The third kappa shape index (κ3) is 5.51. The summed E-state index contributed by atoms with van der Waals surface area (Å²) >= 11 is 1.49. The second-order valence-corrected chi connectivity index (χ2v) is 10.3. The zero-order valence-electron chi connectivity index (χ0n) is 20.8. The number of rotatable bonds is 7. The Kier molecular flexibility index (Phi) is 7.45. The maximum atomic E-state index is 13.6. The van der Waals surface area contributed by atoms with Gasteiger partial charge in [-0.15, -0.1) is 0 Å². The summed E-state index contributed by atoms with van der Waals surface area (Å²) in [6.45, 7) is 10.1. The van der Waals surface area contributed by atoms with E-state index >= 15 is 0 Å². The molecule has 7 heteroatoms. The lowest BCUT2D eigenvalue weighted by molar-refractivity contribution is -0.121. The Morgan fingerprint density at radius 1 is 1.03 bits per heavy atom. The molecule has 0 spiro atoms. The molecule has 2 aromatic carbocycles. The quantitative estimate of drug-likeness (QED) is 0.506. The summed E-state index contributed by atoms with van der Waals surface area (Å²) in [5.41, 5.74) is 5.03. The first kappa shape index (κ1) is 24.8. The van der Waals surface area contributed by atoms with E-state index in [4.69, 9.17) is 4.99 Å². The van der Waals surface area contributed by atoms with Crippen molar-refractivity contribution in [2.75, 3.05) is 5.32 Å². The molecule has 6 nitrogen and oxygen atoms in total. The Balaban J connectivity index is 1.74. The summed E-state index contributed by atoms with van der Waals surface area (Å²) in [6, 6.07) is 17.5. The standard InChI is InChI=1S/C28H32N4O2S/c1-17(2)20-11-13-21(14-12-20)26-25(27(34)31-22-9-7-6-8-10-22)19(5)30-28-32(26)23(16-35-28)15-24(33)29-18(3)4/h6-14,16-18,26H,15H2,1-5H3,(H,29,33)(H,31,34)/t26-/m1/s1. The van der Waals surface area contributed by atoms with E-state index in [1.54, 1.807) is 0 Å². The van der Waals surface area contributed by atoms with Gasteiger partial charge in [0, 0.05) is 17.4 Å². The number of carbonyl (C=O) groups is 2. The number of para-hydroxylation sites is 1. The summed E-state index contributed by atoms with van der Waals surface area (Å²) < 4.78 is 0. The highest BCUT2D eigenvalue weighted by Gasteiger charge is 2.40. The number of hydrogen-bond acceptors (Lipinski definition) is 5. The Morgan fingerprint density at radius 2 is 1.71 bits per heavy atom. The van der Waals surface area contributed by atoms with Gasteiger partial charge in [0.25, 0.3) is 5.91 Å². The van der Waals surface area contributed by atoms with Gasteiger partial charge in [-0.3, -0.25) is 9.59 Å². The zero-order valence-corrected chi connectivity index (χ0v) is 21.6. The minimum absolute atomic E-state index is 0.0523. The van der Waals surface area contributed by atoms with Crippen molar-refractivity contribution >= 4 is 34.4 Å². The first-order chi connectivity index (χ1) is 16.7. The lowest BCUT2D eigenvalue weighted by Crippen LogP contribution is -2.39. The molecule has 0 fully saturated rings. The van der Waals surface area contributed by atoms with Crippen LogP contribution < -0.4 is 10.6 Å². The normalized spacial score (nSPS) is 17.3. The minimum Gasteiger partial charge on any atom is -0.354 e. The van der Waals surface area contributed by atoms with Crippen LogP contribution in [0.1, 0.15) is 64.1 Å².